The summed E-state index contributed by atoms with van der Waals surface area (Å²) in [4.78, 5) is 14.3. The second-order valence-electron chi connectivity index (χ2n) is 3.73. The summed E-state index contributed by atoms with van der Waals surface area (Å²) in [6.07, 6.45) is -8.71. The molecule has 0 aromatic carbocycles. The minimum atomic E-state index is -4.97. The number of rotatable bonds is 4. The number of carbonyl (C=O) groups excluding carboxylic acids is 1. The topological polar surface area (TPSA) is 65.2 Å². The van der Waals surface area contributed by atoms with E-state index in [0.29, 0.717) is 6.20 Å². The van der Waals surface area contributed by atoms with Crippen molar-refractivity contribution < 1.29 is 31.5 Å². The van der Waals surface area contributed by atoms with E-state index < -0.39 is 47.5 Å². The monoisotopic (exact) mass is 298 g/mol. The normalized spacial score (nSPS) is 11.8. The Kier molecular flexibility index (Phi) is 4.85. The van der Waals surface area contributed by atoms with Gasteiger partial charge in [-0.25, -0.2) is 13.8 Å². The summed E-state index contributed by atoms with van der Waals surface area (Å²) in [5, 5.41) is 0. The molecule has 0 unspecified atom stereocenters. The zero-order chi connectivity index (χ0) is 15.5. The predicted molar refractivity (Wildman–Crippen MR) is 58.9 cm³/mol. The van der Waals surface area contributed by atoms with Crippen molar-refractivity contribution in [3.63, 3.8) is 0 Å². The number of pyridine rings is 1. The van der Waals surface area contributed by atoms with Gasteiger partial charge in [0.2, 0.25) is 0 Å². The summed E-state index contributed by atoms with van der Waals surface area (Å²) >= 11 is 0. The summed E-state index contributed by atoms with van der Waals surface area (Å²) < 4.78 is 68.5. The molecule has 0 spiro atoms. The van der Waals surface area contributed by atoms with E-state index in [4.69, 9.17) is 5.73 Å². The van der Waals surface area contributed by atoms with Crippen molar-refractivity contribution in [1.82, 2.24) is 4.98 Å². The van der Waals surface area contributed by atoms with Gasteiger partial charge in [-0.2, -0.15) is 13.2 Å². The van der Waals surface area contributed by atoms with Crippen molar-refractivity contribution >= 4 is 11.7 Å². The van der Waals surface area contributed by atoms with Gasteiger partial charge in [0.25, 0.3) is 6.43 Å². The van der Waals surface area contributed by atoms with Crippen LogP contribution < -0.4 is 5.73 Å². The van der Waals surface area contributed by atoms with Gasteiger partial charge < -0.3 is 10.5 Å². The number of alkyl halides is 5. The Morgan fingerprint density at radius 2 is 2.05 bits per heavy atom. The Morgan fingerprint density at radius 3 is 2.50 bits per heavy atom. The Bertz CT molecular complexity index is 502. The predicted octanol–water partition coefficient (Wildman–Crippen LogP) is 2.73. The third-order valence-corrected chi connectivity index (χ3v) is 2.37. The fourth-order valence-corrected chi connectivity index (χ4v) is 1.62. The number of hydrogen-bond donors (Lipinski definition) is 1. The van der Waals surface area contributed by atoms with Crippen LogP contribution in [0.25, 0.3) is 0 Å². The molecular formula is C11H11F5N2O2. The summed E-state index contributed by atoms with van der Waals surface area (Å²) in [6, 6.07) is 0. The molecule has 1 rings (SSSR count). The zero-order valence-corrected chi connectivity index (χ0v) is 10.3. The second kappa shape index (κ2) is 6.02. The lowest BCUT2D eigenvalue weighted by Gasteiger charge is -2.16. The number of carbonyl (C=O) groups is 1. The molecule has 0 aliphatic heterocycles. The molecule has 0 aliphatic rings. The first-order valence-electron chi connectivity index (χ1n) is 5.46. The van der Waals surface area contributed by atoms with Gasteiger partial charge in [0, 0.05) is 11.1 Å². The molecule has 0 aliphatic carbocycles. The van der Waals surface area contributed by atoms with Gasteiger partial charge in [-0.3, -0.25) is 4.79 Å². The Hall–Kier alpha value is -1.93. The minimum Gasteiger partial charge on any atom is -0.466 e. The number of anilines is 1. The van der Waals surface area contributed by atoms with Crippen LogP contribution in [0.1, 0.15) is 30.2 Å². The highest BCUT2D eigenvalue weighted by atomic mass is 19.4. The lowest BCUT2D eigenvalue weighted by molar-refractivity contribution is -0.144. The highest BCUT2D eigenvalue weighted by molar-refractivity contribution is 5.74. The first-order valence-corrected chi connectivity index (χ1v) is 5.46. The van der Waals surface area contributed by atoms with Gasteiger partial charge in [-0.05, 0) is 6.92 Å². The number of nitrogen functional groups attached to an aromatic ring is 1. The minimum absolute atomic E-state index is 0.0834. The molecule has 0 bridgehead atoms. The fraction of sp³-hybridized carbons (Fsp3) is 0.455. The molecule has 2 N–H and O–H groups in total. The molecule has 0 radical (unpaired) electrons. The smallest absolute Gasteiger partial charge is 0.433 e. The van der Waals surface area contributed by atoms with Crippen LogP contribution in [0.15, 0.2) is 6.20 Å². The quantitative estimate of drug-likeness (QED) is 0.685. The lowest BCUT2D eigenvalue weighted by Crippen LogP contribution is -2.19. The van der Waals surface area contributed by atoms with Crippen LogP contribution in [0.4, 0.5) is 27.6 Å². The average Bonchev–Trinajstić information content (AvgIpc) is 2.26. The van der Waals surface area contributed by atoms with Crippen LogP contribution in [0, 0.1) is 0 Å². The largest absolute Gasteiger partial charge is 0.466 e. The van der Waals surface area contributed by atoms with E-state index in [1.54, 1.807) is 0 Å². The van der Waals surface area contributed by atoms with Crippen LogP contribution in [0.5, 0.6) is 0 Å². The molecule has 0 amide bonds. The van der Waals surface area contributed by atoms with Crippen LogP contribution in [-0.4, -0.2) is 17.6 Å². The Labute approximate surface area is 110 Å². The summed E-state index contributed by atoms with van der Waals surface area (Å²) in [6.45, 7) is 1.36. The number of halogens is 5. The number of aromatic nitrogens is 1. The molecule has 0 fully saturated rings. The molecule has 112 valence electrons. The number of esters is 1. The van der Waals surface area contributed by atoms with Gasteiger partial charge in [0.15, 0.2) is 0 Å². The van der Waals surface area contributed by atoms with E-state index in [1.807, 2.05) is 0 Å². The van der Waals surface area contributed by atoms with Gasteiger partial charge >= 0.3 is 12.1 Å². The summed E-state index contributed by atoms with van der Waals surface area (Å²) in [5.41, 5.74) is 1.06. The third kappa shape index (κ3) is 3.55. The highest BCUT2D eigenvalue weighted by Crippen LogP contribution is 2.37. The van der Waals surface area contributed by atoms with E-state index in [0.717, 1.165) is 0 Å². The fourth-order valence-electron chi connectivity index (χ4n) is 1.62. The van der Waals surface area contributed by atoms with Crippen molar-refractivity contribution in [2.24, 2.45) is 0 Å². The van der Waals surface area contributed by atoms with Gasteiger partial charge in [0.05, 0.1) is 24.9 Å². The third-order valence-electron chi connectivity index (χ3n) is 2.37. The van der Waals surface area contributed by atoms with E-state index in [-0.39, 0.29) is 6.61 Å². The lowest BCUT2D eigenvalue weighted by atomic mass is 10.0. The van der Waals surface area contributed by atoms with Crippen molar-refractivity contribution in [3.8, 4) is 0 Å². The van der Waals surface area contributed by atoms with E-state index >= 15 is 0 Å². The molecule has 1 aromatic rings. The number of nitrogens with two attached hydrogens (primary N) is 1. The van der Waals surface area contributed by atoms with Gasteiger partial charge in [0.1, 0.15) is 5.69 Å². The number of ether oxygens (including phenoxy) is 1. The average molecular weight is 298 g/mol. The van der Waals surface area contributed by atoms with Crippen molar-refractivity contribution in [2.75, 3.05) is 12.3 Å². The molecule has 0 atom stereocenters. The maximum absolute atomic E-state index is 12.9. The zero-order valence-electron chi connectivity index (χ0n) is 10.3. The first-order chi connectivity index (χ1) is 9.18. The Morgan fingerprint density at radius 1 is 1.45 bits per heavy atom. The molecule has 9 heteroatoms. The second-order valence-corrected chi connectivity index (χ2v) is 3.73. The maximum atomic E-state index is 12.9. The number of hydrogen-bond acceptors (Lipinski definition) is 4. The van der Waals surface area contributed by atoms with E-state index in [1.165, 1.54) is 6.92 Å². The first kappa shape index (κ1) is 16.1. The van der Waals surface area contributed by atoms with Gasteiger partial charge in [-0.15, -0.1) is 0 Å². The standard InChI is InChI=1S/C11H11F5N2O2/c1-2-20-7(19)3-5-8(10(12)13)6(17)4-18-9(5)11(14,15)16/h4,10H,2-3,17H2,1H3. The molecular weight excluding hydrogens is 287 g/mol. The SMILES string of the molecule is CCOC(=O)Cc1c(C(F)(F)F)ncc(N)c1C(F)F. The molecule has 20 heavy (non-hydrogen) atoms. The molecule has 1 aromatic heterocycles. The van der Waals surface area contributed by atoms with Crippen LogP contribution in [-0.2, 0) is 22.1 Å². The van der Waals surface area contributed by atoms with Crippen molar-refractivity contribution in [3.05, 3.63) is 23.0 Å². The van der Waals surface area contributed by atoms with E-state index in [2.05, 4.69) is 9.72 Å². The highest BCUT2D eigenvalue weighted by Gasteiger charge is 2.38. The van der Waals surface area contributed by atoms with Crippen LogP contribution in [0.3, 0.4) is 0 Å². The van der Waals surface area contributed by atoms with Crippen LogP contribution in [0.2, 0.25) is 0 Å². The Balaban J connectivity index is 3.40. The summed E-state index contributed by atoms with van der Waals surface area (Å²) in [5.74, 6) is -1.06. The van der Waals surface area contributed by atoms with Crippen molar-refractivity contribution in [2.45, 2.75) is 25.9 Å². The van der Waals surface area contributed by atoms with Crippen molar-refractivity contribution in [1.29, 1.82) is 0 Å². The van der Waals surface area contributed by atoms with Gasteiger partial charge in [-0.1, -0.05) is 0 Å². The summed E-state index contributed by atoms with van der Waals surface area (Å²) in [7, 11) is 0. The molecule has 0 saturated carbocycles. The molecule has 0 saturated heterocycles. The molecule has 1 heterocycles. The van der Waals surface area contributed by atoms with Crippen LogP contribution >= 0.6 is 0 Å². The van der Waals surface area contributed by atoms with E-state index in [9.17, 15) is 26.7 Å². The number of nitrogens with zero attached hydrogens (tertiary/aromatic N) is 1. The molecule has 4 nitrogen and oxygen atoms in total. The maximum Gasteiger partial charge on any atom is 0.433 e.